The molecule has 0 aliphatic rings. The third kappa shape index (κ3) is 20.2. The van der Waals surface area contributed by atoms with Gasteiger partial charge in [0.15, 0.2) is 5.78 Å². The topological polar surface area (TPSA) is 26.3 Å². The highest BCUT2D eigenvalue weighted by molar-refractivity contribution is 5.81. The van der Waals surface area contributed by atoms with Crippen molar-refractivity contribution >= 4 is 5.78 Å². The molecule has 27 heavy (non-hydrogen) atoms. The first-order valence-electron chi connectivity index (χ1n) is 10.2. The van der Waals surface area contributed by atoms with Gasteiger partial charge < -0.3 is 4.74 Å². The molecule has 0 radical (unpaired) electrons. The molecule has 0 N–H and O–H groups in total. The molecule has 0 aliphatic heterocycles. The standard InChI is InChI=1S/C25H38O2/c1-4-5-6-7-8-9-10-11-12-13-14-15-16-17-18-19-20-21-22-27-23-25(26)24(2)3/h5-6,8-9,11-12,14-15,17-18,20-21,24H,4,7,10,13,16,19,22-23H2,1-3H3/b6-5-,9-8-,12-11-,15-14-,18-17-,21-20-. The Balaban J connectivity index is 3.54. The lowest BCUT2D eigenvalue weighted by Crippen LogP contribution is -2.14. The van der Waals surface area contributed by atoms with Crippen molar-refractivity contribution in [3.05, 3.63) is 72.9 Å². The molecule has 2 heteroatoms. The van der Waals surface area contributed by atoms with Crippen LogP contribution in [0.5, 0.6) is 0 Å². The van der Waals surface area contributed by atoms with E-state index in [2.05, 4.69) is 73.8 Å². The van der Waals surface area contributed by atoms with Gasteiger partial charge in [0, 0.05) is 5.92 Å². The molecule has 0 aromatic carbocycles. The zero-order chi connectivity index (χ0) is 20.0. The summed E-state index contributed by atoms with van der Waals surface area (Å²) in [5, 5.41) is 0. The third-order valence-electron chi connectivity index (χ3n) is 3.70. The van der Waals surface area contributed by atoms with Crippen LogP contribution in [0, 0.1) is 5.92 Å². The van der Waals surface area contributed by atoms with E-state index in [1.165, 1.54) is 0 Å². The minimum Gasteiger partial charge on any atom is -0.370 e. The Hall–Kier alpha value is -1.93. The second kappa shape index (κ2) is 20.4. The number of ether oxygens (including phenoxy) is 1. The molecule has 0 spiro atoms. The SMILES string of the molecule is CC/C=C\C/C=C\C/C=C\C/C=C\C/C=C\C/C=C\COCC(=O)C(C)C. The highest BCUT2D eigenvalue weighted by Gasteiger charge is 2.05. The highest BCUT2D eigenvalue weighted by atomic mass is 16.5. The molecule has 0 amide bonds. The molecule has 0 atom stereocenters. The summed E-state index contributed by atoms with van der Waals surface area (Å²) in [5.74, 6) is 0.205. The second-order valence-electron chi connectivity index (χ2n) is 6.55. The average molecular weight is 371 g/mol. The van der Waals surface area contributed by atoms with E-state index in [-0.39, 0.29) is 18.3 Å². The molecule has 0 fully saturated rings. The number of allylic oxidation sites excluding steroid dienone is 11. The Labute approximate surface area is 167 Å². The van der Waals surface area contributed by atoms with Crippen molar-refractivity contribution < 1.29 is 9.53 Å². The van der Waals surface area contributed by atoms with E-state index in [1.54, 1.807) is 0 Å². The zero-order valence-electron chi connectivity index (χ0n) is 17.5. The first-order chi connectivity index (χ1) is 13.2. The van der Waals surface area contributed by atoms with Gasteiger partial charge in [0.05, 0.1) is 6.61 Å². The molecule has 0 rings (SSSR count). The largest absolute Gasteiger partial charge is 0.370 e. The van der Waals surface area contributed by atoms with E-state index in [0.29, 0.717) is 6.61 Å². The zero-order valence-corrected chi connectivity index (χ0v) is 17.5. The fourth-order valence-corrected chi connectivity index (χ4v) is 1.98. The van der Waals surface area contributed by atoms with Crippen LogP contribution >= 0.6 is 0 Å². The van der Waals surface area contributed by atoms with Gasteiger partial charge >= 0.3 is 0 Å². The molecule has 150 valence electrons. The number of hydrogen-bond donors (Lipinski definition) is 0. The van der Waals surface area contributed by atoms with E-state index in [4.69, 9.17) is 4.74 Å². The van der Waals surface area contributed by atoms with Gasteiger partial charge in [0.2, 0.25) is 0 Å². The molecular formula is C25H38O2. The molecule has 0 saturated heterocycles. The predicted octanol–water partition coefficient (Wildman–Crippen LogP) is 6.93. The minimum absolute atomic E-state index is 0.0512. The summed E-state index contributed by atoms with van der Waals surface area (Å²) in [4.78, 5) is 11.4. The molecular weight excluding hydrogens is 332 g/mol. The van der Waals surface area contributed by atoms with Crippen molar-refractivity contribution in [2.45, 2.75) is 59.3 Å². The Bertz CT molecular complexity index is 516. The third-order valence-corrected chi connectivity index (χ3v) is 3.70. The summed E-state index contributed by atoms with van der Waals surface area (Å²) in [6.45, 7) is 6.65. The Kier molecular flexibility index (Phi) is 18.9. The molecule has 2 nitrogen and oxygen atoms in total. The van der Waals surface area contributed by atoms with Crippen LogP contribution in [0.1, 0.15) is 59.3 Å². The van der Waals surface area contributed by atoms with E-state index in [0.717, 1.165) is 38.5 Å². The van der Waals surface area contributed by atoms with Crippen molar-refractivity contribution in [2.24, 2.45) is 5.92 Å². The minimum atomic E-state index is 0.0512. The number of hydrogen-bond acceptors (Lipinski definition) is 2. The maximum absolute atomic E-state index is 11.4. The van der Waals surface area contributed by atoms with Crippen molar-refractivity contribution in [3.8, 4) is 0 Å². The van der Waals surface area contributed by atoms with Crippen LogP contribution in [0.3, 0.4) is 0 Å². The van der Waals surface area contributed by atoms with Crippen LogP contribution in [0.25, 0.3) is 0 Å². The first kappa shape index (κ1) is 25.1. The number of carbonyl (C=O) groups excluding carboxylic acids is 1. The van der Waals surface area contributed by atoms with Crippen LogP contribution in [0.2, 0.25) is 0 Å². The summed E-state index contributed by atoms with van der Waals surface area (Å²) in [6.07, 6.45) is 32.0. The second-order valence-corrected chi connectivity index (χ2v) is 6.55. The maximum atomic E-state index is 11.4. The smallest absolute Gasteiger partial charge is 0.160 e. The monoisotopic (exact) mass is 370 g/mol. The highest BCUT2D eigenvalue weighted by Crippen LogP contribution is 1.97. The summed E-state index contributed by atoms with van der Waals surface area (Å²) in [6, 6.07) is 0. The molecule has 0 saturated carbocycles. The van der Waals surface area contributed by atoms with Gasteiger partial charge in [-0.15, -0.1) is 0 Å². The van der Waals surface area contributed by atoms with E-state index >= 15 is 0 Å². The lowest BCUT2D eigenvalue weighted by Gasteiger charge is -2.02. The quantitative estimate of drug-likeness (QED) is 0.217. The van der Waals surface area contributed by atoms with E-state index < -0.39 is 0 Å². The molecule has 0 heterocycles. The van der Waals surface area contributed by atoms with Gasteiger partial charge in [-0.05, 0) is 38.5 Å². The van der Waals surface area contributed by atoms with Gasteiger partial charge in [0.1, 0.15) is 6.61 Å². The van der Waals surface area contributed by atoms with Crippen molar-refractivity contribution in [1.29, 1.82) is 0 Å². The van der Waals surface area contributed by atoms with Gasteiger partial charge in [-0.3, -0.25) is 4.79 Å². The van der Waals surface area contributed by atoms with Gasteiger partial charge in [0.25, 0.3) is 0 Å². The van der Waals surface area contributed by atoms with Gasteiger partial charge in [-0.2, -0.15) is 0 Å². The van der Waals surface area contributed by atoms with Crippen LogP contribution in [-0.2, 0) is 9.53 Å². The average Bonchev–Trinajstić information content (AvgIpc) is 2.66. The number of rotatable bonds is 16. The van der Waals surface area contributed by atoms with Crippen LogP contribution in [0.15, 0.2) is 72.9 Å². The van der Waals surface area contributed by atoms with Gasteiger partial charge in [-0.25, -0.2) is 0 Å². The number of ketones is 1. The van der Waals surface area contributed by atoms with Crippen molar-refractivity contribution in [2.75, 3.05) is 13.2 Å². The summed E-state index contributed by atoms with van der Waals surface area (Å²) >= 11 is 0. The van der Waals surface area contributed by atoms with Crippen LogP contribution in [0.4, 0.5) is 0 Å². The molecule has 0 aromatic heterocycles. The van der Waals surface area contributed by atoms with Gasteiger partial charge in [-0.1, -0.05) is 93.7 Å². The van der Waals surface area contributed by atoms with E-state index in [9.17, 15) is 4.79 Å². The summed E-state index contributed by atoms with van der Waals surface area (Å²) in [7, 11) is 0. The first-order valence-corrected chi connectivity index (χ1v) is 10.2. The fourth-order valence-electron chi connectivity index (χ4n) is 1.98. The predicted molar refractivity (Wildman–Crippen MR) is 119 cm³/mol. The normalized spacial score (nSPS) is 13.2. The molecule has 0 bridgehead atoms. The van der Waals surface area contributed by atoms with Crippen molar-refractivity contribution in [3.63, 3.8) is 0 Å². The maximum Gasteiger partial charge on any atom is 0.160 e. The Morgan fingerprint density at radius 3 is 1.41 bits per heavy atom. The number of carbonyl (C=O) groups is 1. The fraction of sp³-hybridized carbons (Fsp3) is 0.480. The molecule has 0 aromatic rings. The Morgan fingerprint density at radius 2 is 1.04 bits per heavy atom. The van der Waals surface area contributed by atoms with Crippen LogP contribution in [-0.4, -0.2) is 19.0 Å². The van der Waals surface area contributed by atoms with E-state index in [1.807, 2.05) is 19.9 Å². The lowest BCUT2D eigenvalue weighted by atomic mass is 10.1. The lowest BCUT2D eigenvalue weighted by molar-refractivity contribution is -0.126. The van der Waals surface area contributed by atoms with Crippen molar-refractivity contribution in [1.82, 2.24) is 0 Å². The summed E-state index contributed by atoms with van der Waals surface area (Å²) in [5.41, 5.74) is 0. The molecule has 0 unspecified atom stereocenters. The number of Topliss-reactive ketones (excluding diaryl/α,β-unsaturated/α-hetero) is 1. The Morgan fingerprint density at radius 1 is 0.667 bits per heavy atom. The molecule has 0 aliphatic carbocycles. The summed E-state index contributed by atoms with van der Waals surface area (Å²) < 4.78 is 5.30. The van der Waals surface area contributed by atoms with Crippen LogP contribution < -0.4 is 0 Å².